The number of nitrogens with zero attached hydrogens (tertiary/aromatic N) is 1. The molecule has 1 aliphatic rings. The number of methoxy groups -OCH3 is 1. The van der Waals surface area contributed by atoms with E-state index in [2.05, 4.69) is 10.1 Å². The number of aliphatic hydroxyl groups is 1. The van der Waals surface area contributed by atoms with Crippen molar-refractivity contribution in [2.24, 2.45) is 0 Å². The maximum absolute atomic E-state index is 12.0. The maximum atomic E-state index is 12.0. The molecule has 0 radical (unpaired) electrons. The second kappa shape index (κ2) is 6.27. The summed E-state index contributed by atoms with van der Waals surface area (Å²) in [6, 6.07) is 4.22. The van der Waals surface area contributed by atoms with Gasteiger partial charge in [-0.2, -0.15) is 0 Å². The Morgan fingerprint density at radius 1 is 1.36 bits per heavy atom. The van der Waals surface area contributed by atoms with E-state index < -0.39 is 17.8 Å². The van der Waals surface area contributed by atoms with Crippen LogP contribution in [0, 0.1) is 0 Å². The van der Waals surface area contributed by atoms with Crippen molar-refractivity contribution in [3.05, 3.63) is 35.5 Å². The van der Waals surface area contributed by atoms with Crippen LogP contribution in [0.4, 0.5) is 5.69 Å². The average molecular weight is 306 g/mol. The third kappa shape index (κ3) is 2.77. The fourth-order valence-electron chi connectivity index (χ4n) is 2.02. The number of hydrogen-bond acceptors (Lipinski definition) is 7. The highest BCUT2D eigenvalue weighted by molar-refractivity contribution is 6.17. The minimum Gasteiger partial charge on any atom is -0.507 e. The number of hydrogen-bond donors (Lipinski definition) is 3. The number of imide groups is 1. The predicted octanol–water partition coefficient (Wildman–Crippen LogP) is -0.164. The standard InChI is InChI=1S/C14H14N2O6/c1-22-14(21)12-8(3-2-4-10(12)18)15-9-7-11(19)16(5-6-17)13(9)20/h2-4,7,15,17-18H,5-6H2,1H3. The van der Waals surface area contributed by atoms with Crippen molar-refractivity contribution in [1.29, 1.82) is 0 Å². The Balaban J connectivity index is 2.31. The van der Waals surface area contributed by atoms with Gasteiger partial charge in [-0.3, -0.25) is 14.5 Å². The van der Waals surface area contributed by atoms with Crippen LogP contribution in [-0.4, -0.2) is 53.2 Å². The van der Waals surface area contributed by atoms with E-state index in [1.165, 1.54) is 18.2 Å². The molecule has 0 spiro atoms. The molecule has 0 unspecified atom stereocenters. The third-order valence-corrected chi connectivity index (χ3v) is 3.03. The summed E-state index contributed by atoms with van der Waals surface area (Å²) in [6.07, 6.45) is 1.06. The molecule has 0 atom stereocenters. The number of aliphatic hydroxyl groups excluding tert-OH is 1. The summed E-state index contributed by atoms with van der Waals surface area (Å²) < 4.78 is 4.58. The highest BCUT2D eigenvalue weighted by atomic mass is 16.5. The first-order valence-electron chi connectivity index (χ1n) is 6.35. The van der Waals surface area contributed by atoms with E-state index in [9.17, 15) is 19.5 Å². The number of phenolic OH excluding ortho intramolecular Hbond substituents is 1. The Morgan fingerprint density at radius 2 is 2.09 bits per heavy atom. The van der Waals surface area contributed by atoms with Crippen molar-refractivity contribution < 1.29 is 29.3 Å². The highest BCUT2D eigenvalue weighted by Crippen LogP contribution is 2.28. The van der Waals surface area contributed by atoms with Crippen LogP contribution in [0.15, 0.2) is 30.0 Å². The fourth-order valence-corrected chi connectivity index (χ4v) is 2.02. The number of benzene rings is 1. The van der Waals surface area contributed by atoms with Gasteiger partial charge in [0.25, 0.3) is 11.8 Å². The normalized spacial score (nSPS) is 14.1. The van der Waals surface area contributed by atoms with Crippen molar-refractivity contribution >= 4 is 23.5 Å². The van der Waals surface area contributed by atoms with Crippen LogP contribution in [0.5, 0.6) is 5.75 Å². The molecule has 1 aliphatic heterocycles. The number of carbonyl (C=O) groups excluding carboxylic acids is 3. The molecule has 0 aliphatic carbocycles. The maximum Gasteiger partial charge on any atom is 0.343 e. The van der Waals surface area contributed by atoms with E-state index in [4.69, 9.17) is 5.11 Å². The van der Waals surface area contributed by atoms with Gasteiger partial charge in [0.15, 0.2) is 0 Å². The number of amides is 2. The SMILES string of the molecule is COC(=O)c1c(O)cccc1NC1=CC(=O)N(CCO)C1=O. The zero-order valence-electron chi connectivity index (χ0n) is 11.7. The second-order valence-electron chi connectivity index (χ2n) is 4.39. The molecule has 0 saturated carbocycles. The van der Waals surface area contributed by atoms with Crippen molar-refractivity contribution in [2.45, 2.75) is 0 Å². The molecule has 2 amide bonds. The Hall–Kier alpha value is -2.87. The van der Waals surface area contributed by atoms with Gasteiger partial charge in [-0.1, -0.05) is 6.07 Å². The van der Waals surface area contributed by atoms with Gasteiger partial charge >= 0.3 is 5.97 Å². The molecular weight excluding hydrogens is 292 g/mol. The van der Waals surface area contributed by atoms with Gasteiger partial charge in [-0.25, -0.2) is 4.79 Å². The van der Waals surface area contributed by atoms with Gasteiger partial charge in [-0.05, 0) is 12.1 Å². The van der Waals surface area contributed by atoms with Gasteiger partial charge in [0.1, 0.15) is 17.0 Å². The monoisotopic (exact) mass is 306 g/mol. The molecule has 0 aromatic heterocycles. The summed E-state index contributed by atoms with van der Waals surface area (Å²) in [5, 5.41) is 21.2. The number of rotatable bonds is 5. The molecule has 8 nitrogen and oxygen atoms in total. The van der Waals surface area contributed by atoms with Gasteiger partial charge in [-0.15, -0.1) is 0 Å². The molecule has 0 saturated heterocycles. The topological polar surface area (TPSA) is 116 Å². The number of β-amino-alcohol motifs (C(OH)–C–C–N with tert-alkyl or cyclic N) is 1. The van der Waals surface area contributed by atoms with Crippen molar-refractivity contribution in [3.63, 3.8) is 0 Å². The number of anilines is 1. The van der Waals surface area contributed by atoms with E-state index in [0.29, 0.717) is 0 Å². The summed E-state index contributed by atoms with van der Waals surface area (Å²) in [5.41, 5.74) is -0.0777. The quantitative estimate of drug-likeness (QED) is 0.511. The largest absolute Gasteiger partial charge is 0.507 e. The van der Waals surface area contributed by atoms with Gasteiger partial charge in [0, 0.05) is 6.08 Å². The summed E-state index contributed by atoms with van der Waals surface area (Å²) in [5.74, 6) is -2.30. The smallest absolute Gasteiger partial charge is 0.343 e. The number of ether oxygens (including phenoxy) is 1. The van der Waals surface area contributed by atoms with E-state index in [-0.39, 0.29) is 35.8 Å². The lowest BCUT2D eigenvalue weighted by Crippen LogP contribution is -2.34. The minimum absolute atomic E-state index is 0.0609. The molecule has 2 rings (SSSR count). The van der Waals surface area contributed by atoms with Crippen LogP contribution in [0.3, 0.4) is 0 Å². The number of carbonyl (C=O) groups is 3. The Morgan fingerprint density at radius 3 is 2.73 bits per heavy atom. The summed E-state index contributed by atoms with van der Waals surface area (Å²) in [7, 11) is 1.16. The molecule has 1 aromatic carbocycles. The first-order valence-corrected chi connectivity index (χ1v) is 6.35. The van der Waals surface area contributed by atoms with Gasteiger partial charge in [0.2, 0.25) is 0 Å². The van der Waals surface area contributed by atoms with Crippen LogP contribution >= 0.6 is 0 Å². The van der Waals surface area contributed by atoms with Gasteiger partial charge in [0.05, 0.1) is 25.9 Å². The average Bonchev–Trinajstić information content (AvgIpc) is 2.75. The van der Waals surface area contributed by atoms with Crippen molar-refractivity contribution in [2.75, 3.05) is 25.6 Å². The Bertz CT molecular complexity index is 667. The first-order chi connectivity index (χ1) is 10.5. The fraction of sp³-hybridized carbons (Fsp3) is 0.214. The molecular formula is C14H14N2O6. The number of nitrogens with one attached hydrogen (secondary N) is 1. The molecule has 8 heteroatoms. The molecule has 1 heterocycles. The van der Waals surface area contributed by atoms with Crippen LogP contribution in [0.1, 0.15) is 10.4 Å². The lowest BCUT2D eigenvalue weighted by Gasteiger charge is -2.15. The molecule has 3 N–H and O–H groups in total. The number of esters is 1. The molecule has 116 valence electrons. The summed E-state index contributed by atoms with van der Waals surface area (Å²) in [4.78, 5) is 36.3. The Labute approximate surface area is 125 Å². The molecule has 0 fully saturated rings. The van der Waals surface area contributed by atoms with Crippen LogP contribution in [0.25, 0.3) is 0 Å². The lowest BCUT2D eigenvalue weighted by atomic mass is 10.1. The Kier molecular flexibility index (Phi) is 4.42. The third-order valence-electron chi connectivity index (χ3n) is 3.03. The molecule has 22 heavy (non-hydrogen) atoms. The van der Waals surface area contributed by atoms with E-state index in [1.807, 2.05) is 0 Å². The highest BCUT2D eigenvalue weighted by Gasteiger charge is 2.31. The van der Waals surface area contributed by atoms with Crippen LogP contribution < -0.4 is 5.32 Å². The number of aromatic hydroxyl groups is 1. The number of phenols is 1. The zero-order valence-corrected chi connectivity index (χ0v) is 11.7. The first kappa shape index (κ1) is 15.5. The van der Waals surface area contributed by atoms with Crippen molar-refractivity contribution in [1.82, 2.24) is 4.90 Å². The van der Waals surface area contributed by atoms with Gasteiger partial charge < -0.3 is 20.3 Å². The van der Waals surface area contributed by atoms with Crippen molar-refractivity contribution in [3.8, 4) is 5.75 Å². The molecule has 1 aromatic rings. The van der Waals surface area contributed by atoms with E-state index >= 15 is 0 Å². The predicted molar refractivity (Wildman–Crippen MR) is 75.0 cm³/mol. The summed E-state index contributed by atoms with van der Waals surface area (Å²) in [6.45, 7) is -0.471. The van der Waals surface area contributed by atoms with Crippen LogP contribution in [0.2, 0.25) is 0 Å². The minimum atomic E-state index is -0.787. The molecule has 0 bridgehead atoms. The summed E-state index contributed by atoms with van der Waals surface area (Å²) >= 11 is 0. The lowest BCUT2D eigenvalue weighted by molar-refractivity contribution is -0.137. The van der Waals surface area contributed by atoms with E-state index in [0.717, 1.165) is 18.1 Å². The van der Waals surface area contributed by atoms with E-state index in [1.54, 1.807) is 0 Å². The van der Waals surface area contributed by atoms with Crippen LogP contribution in [-0.2, 0) is 14.3 Å². The zero-order chi connectivity index (χ0) is 16.3. The second-order valence-corrected chi connectivity index (χ2v) is 4.39.